The summed E-state index contributed by atoms with van der Waals surface area (Å²) < 4.78 is 17.1. The van der Waals surface area contributed by atoms with Gasteiger partial charge in [-0.25, -0.2) is 0 Å². The number of anilines is 1. The Bertz CT molecular complexity index is 758. The zero-order chi connectivity index (χ0) is 17.4. The average Bonchev–Trinajstić information content (AvgIpc) is 2.91. The summed E-state index contributed by atoms with van der Waals surface area (Å²) in [6.07, 6.45) is 6.54. The van der Waals surface area contributed by atoms with Gasteiger partial charge in [0.1, 0.15) is 17.3 Å². The lowest BCUT2D eigenvalue weighted by Crippen LogP contribution is -2.17. The molecule has 3 aliphatic rings. The highest BCUT2D eigenvalue weighted by atomic mass is 16.5. The number of nitrogens with zero attached hydrogens (tertiary/aromatic N) is 1. The number of methoxy groups -OCH3 is 2. The minimum atomic E-state index is 0.274. The van der Waals surface area contributed by atoms with Gasteiger partial charge in [-0.15, -0.1) is 0 Å². The van der Waals surface area contributed by atoms with Gasteiger partial charge >= 0.3 is 0 Å². The molecule has 2 heterocycles. The van der Waals surface area contributed by atoms with E-state index in [2.05, 4.69) is 30.2 Å². The molecule has 0 saturated heterocycles. The summed E-state index contributed by atoms with van der Waals surface area (Å²) >= 11 is 0. The molecule has 4 heteroatoms. The van der Waals surface area contributed by atoms with Gasteiger partial charge in [-0.05, 0) is 44.0 Å². The molecule has 1 aliphatic carbocycles. The lowest BCUT2D eigenvalue weighted by Gasteiger charge is -2.21. The van der Waals surface area contributed by atoms with Gasteiger partial charge in [0.05, 0.1) is 20.3 Å². The first-order valence-electron chi connectivity index (χ1n) is 8.97. The molecule has 0 N–H and O–H groups in total. The second kappa shape index (κ2) is 6.51. The number of allylic oxidation sites excluding steroid dienone is 2. The minimum absolute atomic E-state index is 0.274. The van der Waals surface area contributed by atoms with Gasteiger partial charge in [0.2, 0.25) is 0 Å². The molecular weight excluding hydrogens is 314 g/mol. The molecule has 0 bridgehead atoms. The van der Waals surface area contributed by atoms with Crippen LogP contribution in [0.25, 0.3) is 0 Å². The van der Waals surface area contributed by atoms with E-state index in [0.29, 0.717) is 0 Å². The van der Waals surface area contributed by atoms with Crippen molar-refractivity contribution in [3.63, 3.8) is 0 Å². The van der Waals surface area contributed by atoms with E-state index in [9.17, 15) is 0 Å². The molecule has 4 nitrogen and oxygen atoms in total. The Morgan fingerprint density at radius 3 is 2.56 bits per heavy atom. The number of hydrogen-bond donors (Lipinski definition) is 0. The monoisotopic (exact) mass is 339 g/mol. The van der Waals surface area contributed by atoms with Gasteiger partial charge < -0.3 is 19.1 Å². The van der Waals surface area contributed by atoms with E-state index >= 15 is 0 Å². The Hall–Kier alpha value is -2.36. The van der Waals surface area contributed by atoms with Crippen molar-refractivity contribution < 1.29 is 14.2 Å². The highest BCUT2D eigenvalue weighted by molar-refractivity contribution is 5.58. The Kier molecular flexibility index (Phi) is 4.20. The van der Waals surface area contributed by atoms with Gasteiger partial charge in [-0.3, -0.25) is 0 Å². The van der Waals surface area contributed by atoms with E-state index in [0.717, 1.165) is 49.4 Å². The fraction of sp³-hybridized carbons (Fsp3) is 0.429. The van der Waals surface area contributed by atoms with Crippen LogP contribution in [0.15, 0.2) is 58.7 Å². The first kappa shape index (κ1) is 16.1. The van der Waals surface area contributed by atoms with Crippen molar-refractivity contribution in [2.24, 2.45) is 0 Å². The second-order valence-corrected chi connectivity index (χ2v) is 6.85. The average molecular weight is 339 g/mol. The van der Waals surface area contributed by atoms with Crippen molar-refractivity contribution >= 4 is 5.69 Å². The molecule has 1 aromatic carbocycles. The van der Waals surface area contributed by atoms with Crippen molar-refractivity contribution in [1.82, 2.24) is 0 Å². The molecular formula is C21H25NO3. The van der Waals surface area contributed by atoms with Crippen LogP contribution in [0, 0.1) is 0 Å². The van der Waals surface area contributed by atoms with E-state index in [-0.39, 0.29) is 6.10 Å². The molecule has 1 unspecified atom stereocenters. The second-order valence-electron chi connectivity index (χ2n) is 6.85. The summed E-state index contributed by atoms with van der Waals surface area (Å²) in [6, 6.07) is 8.19. The van der Waals surface area contributed by atoms with Gasteiger partial charge in [-0.2, -0.15) is 0 Å². The van der Waals surface area contributed by atoms with Crippen LogP contribution in [0.5, 0.6) is 5.75 Å². The van der Waals surface area contributed by atoms with Crippen LogP contribution in [-0.4, -0.2) is 26.9 Å². The number of ether oxygens (including phenoxy) is 3. The number of benzene rings is 1. The first-order chi connectivity index (χ1) is 12.2. The van der Waals surface area contributed by atoms with E-state index in [4.69, 9.17) is 14.2 Å². The van der Waals surface area contributed by atoms with Crippen molar-refractivity contribution in [3.05, 3.63) is 58.7 Å². The van der Waals surface area contributed by atoms with E-state index < -0.39 is 0 Å². The fourth-order valence-electron chi connectivity index (χ4n) is 4.04. The summed E-state index contributed by atoms with van der Waals surface area (Å²) in [5, 5.41) is 0. The topological polar surface area (TPSA) is 30.9 Å². The lowest BCUT2D eigenvalue weighted by molar-refractivity contribution is 0.153. The Balaban J connectivity index is 1.68. The molecule has 25 heavy (non-hydrogen) atoms. The third-order valence-corrected chi connectivity index (χ3v) is 5.28. The molecule has 1 atom stereocenters. The quantitative estimate of drug-likeness (QED) is 0.808. The molecule has 0 aromatic heterocycles. The standard InChI is InChI=1S/C21H25NO3/c1-14-12-18-19(25-14)9-4-15-10-11-22(13-20(24-3)21(15)18)16-5-7-17(23-2)8-6-16/h5-8,13-14H,4,9-12H2,1-3H3. The van der Waals surface area contributed by atoms with Crippen LogP contribution < -0.4 is 9.64 Å². The summed E-state index contributed by atoms with van der Waals surface area (Å²) in [7, 11) is 3.46. The normalized spacial score (nSPS) is 22.8. The highest BCUT2D eigenvalue weighted by Gasteiger charge is 2.33. The van der Waals surface area contributed by atoms with Crippen LogP contribution in [0.1, 0.15) is 32.6 Å². The molecule has 0 spiro atoms. The van der Waals surface area contributed by atoms with Gasteiger partial charge in [0.15, 0.2) is 0 Å². The van der Waals surface area contributed by atoms with Crippen LogP contribution in [0.2, 0.25) is 0 Å². The van der Waals surface area contributed by atoms with E-state index in [1.54, 1.807) is 14.2 Å². The first-order valence-corrected chi connectivity index (χ1v) is 8.97. The van der Waals surface area contributed by atoms with E-state index in [1.165, 1.54) is 22.5 Å². The largest absolute Gasteiger partial charge is 0.497 e. The highest BCUT2D eigenvalue weighted by Crippen LogP contribution is 2.44. The van der Waals surface area contributed by atoms with Crippen molar-refractivity contribution in [2.75, 3.05) is 25.7 Å². The Morgan fingerprint density at radius 1 is 1.04 bits per heavy atom. The number of rotatable bonds is 3. The number of fused-ring (bicyclic) bond motifs is 1. The lowest BCUT2D eigenvalue weighted by atomic mass is 9.86. The summed E-state index contributed by atoms with van der Waals surface area (Å²) in [5.74, 6) is 3.00. The predicted molar refractivity (Wildman–Crippen MR) is 98.5 cm³/mol. The zero-order valence-electron chi connectivity index (χ0n) is 15.2. The van der Waals surface area contributed by atoms with Crippen LogP contribution in [0.4, 0.5) is 5.69 Å². The minimum Gasteiger partial charge on any atom is -0.497 e. The maximum Gasteiger partial charge on any atom is 0.142 e. The maximum atomic E-state index is 6.02. The number of hydrogen-bond acceptors (Lipinski definition) is 4. The Labute approximate surface area is 149 Å². The van der Waals surface area contributed by atoms with Crippen LogP contribution >= 0.6 is 0 Å². The van der Waals surface area contributed by atoms with Crippen molar-refractivity contribution in [1.29, 1.82) is 0 Å². The predicted octanol–water partition coefficient (Wildman–Crippen LogP) is 4.55. The molecule has 0 saturated carbocycles. The van der Waals surface area contributed by atoms with Crippen LogP contribution in [0.3, 0.4) is 0 Å². The van der Waals surface area contributed by atoms with Crippen molar-refractivity contribution in [2.45, 2.75) is 38.7 Å². The van der Waals surface area contributed by atoms with Gasteiger partial charge in [0.25, 0.3) is 0 Å². The van der Waals surface area contributed by atoms with Crippen LogP contribution in [-0.2, 0) is 9.47 Å². The molecule has 1 aromatic rings. The van der Waals surface area contributed by atoms with Gasteiger partial charge in [-0.1, -0.05) is 5.57 Å². The maximum absolute atomic E-state index is 6.02. The smallest absolute Gasteiger partial charge is 0.142 e. The molecule has 0 radical (unpaired) electrons. The zero-order valence-corrected chi connectivity index (χ0v) is 15.2. The third kappa shape index (κ3) is 2.90. The van der Waals surface area contributed by atoms with E-state index in [1.807, 2.05) is 12.1 Å². The molecule has 132 valence electrons. The third-order valence-electron chi connectivity index (χ3n) is 5.28. The summed E-state index contributed by atoms with van der Waals surface area (Å²) in [4.78, 5) is 2.27. The summed E-state index contributed by atoms with van der Waals surface area (Å²) in [5.41, 5.74) is 5.31. The summed E-state index contributed by atoms with van der Waals surface area (Å²) in [6.45, 7) is 3.10. The molecule has 0 amide bonds. The molecule has 2 aliphatic heterocycles. The molecule has 0 fully saturated rings. The van der Waals surface area contributed by atoms with Crippen molar-refractivity contribution in [3.8, 4) is 5.75 Å². The Morgan fingerprint density at radius 2 is 1.84 bits per heavy atom. The fourth-order valence-corrected chi connectivity index (χ4v) is 4.04. The van der Waals surface area contributed by atoms with Gasteiger partial charge in [0, 0.05) is 42.4 Å². The molecule has 4 rings (SSSR count). The SMILES string of the molecule is COC1=CN(c2ccc(OC)cc2)CCC2=C1C1=C(CC2)OC(C)C1.